The molecule has 3 aromatic carbocycles. The van der Waals surface area contributed by atoms with Crippen LogP contribution in [0.4, 0.5) is 4.79 Å². The molecule has 0 unspecified atom stereocenters. The van der Waals surface area contributed by atoms with Gasteiger partial charge in [-0.05, 0) is 36.2 Å². The third-order valence-corrected chi connectivity index (χ3v) is 7.05. The van der Waals surface area contributed by atoms with Crippen LogP contribution in [0.15, 0.2) is 66.7 Å². The Bertz CT molecular complexity index is 1540. The first-order valence-electron chi connectivity index (χ1n) is 11.5. The number of thiophene rings is 1. The van der Waals surface area contributed by atoms with Crippen LogP contribution < -0.4 is 14.2 Å². The van der Waals surface area contributed by atoms with Gasteiger partial charge in [-0.3, -0.25) is 0 Å². The van der Waals surface area contributed by atoms with Crippen LogP contribution in [-0.4, -0.2) is 30.0 Å². The third-order valence-electron chi connectivity index (χ3n) is 5.87. The summed E-state index contributed by atoms with van der Waals surface area (Å²) in [6.07, 6.45) is -0.787. The number of carbonyl (C=O) groups is 1. The Morgan fingerprint density at radius 2 is 1.81 bits per heavy atom. The van der Waals surface area contributed by atoms with Crippen molar-refractivity contribution in [3.63, 3.8) is 0 Å². The molecule has 0 radical (unpaired) electrons. The highest BCUT2D eigenvalue weighted by molar-refractivity contribution is 7.26. The zero-order valence-electron chi connectivity index (χ0n) is 19.9. The van der Waals surface area contributed by atoms with Crippen LogP contribution in [-0.2, 0) is 18.0 Å². The van der Waals surface area contributed by atoms with Crippen LogP contribution in [0.3, 0.4) is 0 Å². The Balaban J connectivity index is 1.65. The first-order chi connectivity index (χ1) is 17.6. The topological polar surface area (TPSA) is 90.0 Å². The van der Waals surface area contributed by atoms with Crippen molar-refractivity contribution in [3.8, 4) is 28.5 Å². The number of nitrogens with one attached hydrogen (secondary N) is 1. The van der Waals surface area contributed by atoms with E-state index in [1.54, 1.807) is 31.4 Å². The molecule has 5 aromatic rings. The summed E-state index contributed by atoms with van der Waals surface area (Å²) in [6, 6.07) is 21.1. The second-order valence-corrected chi connectivity index (χ2v) is 9.05. The lowest BCUT2D eigenvalue weighted by Gasteiger charge is -2.15. The Hall–Kier alpha value is -4.01. The van der Waals surface area contributed by atoms with Gasteiger partial charge >= 0.3 is 6.16 Å². The number of ether oxygens (including phenoxy) is 4. The van der Waals surface area contributed by atoms with Crippen molar-refractivity contribution in [3.05, 3.63) is 77.9 Å². The van der Waals surface area contributed by atoms with Gasteiger partial charge in [0.2, 0.25) is 5.88 Å². The number of hydrogen-bond acceptors (Lipinski definition) is 7. The Morgan fingerprint density at radius 1 is 1.03 bits per heavy atom. The molecule has 0 spiro atoms. The molecule has 36 heavy (non-hydrogen) atoms. The van der Waals surface area contributed by atoms with Crippen molar-refractivity contribution < 1.29 is 28.8 Å². The van der Waals surface area contributed by atoms with Gasteiger partial charge in [0.25, 0.3) is 0 Å². The van der Waals surface area contributed by atoms with Gasteiger partial charge in [0, 0.05) is 21.7 Å². The van der Waals surface area contributed by atoms with Gasteiger partial charge in [0.15, 0.2) is 0 Å². The predicted octanol–water partition coefficient (Wildman–Crippen LogP) is 6.66. The van der Waals surface area contributed by atoms with Crippen molar-refractivity contribution in [1.82, 2.24) is 4.98 Å². The van der Waals surface area contributed by atoms with Crippen molar-refractivity contribution in [1.29, 1.82) is 0 Å². The number of hydrogen-bond donors (Lipinski definition) is 2. The van der Waals surface area contributed by atoms with Crippen LogP contribution in [0, 0.1) is 0 Å². The normalized spacial score (nSPS) is 11.1. The zero-order valence-corrected chi connectivity index (χ0v) is 20.7. The molecule has 184 valence electrons. The highest BCUT2D eigenvalue weighted by atomic mass is 32.1. The fraction of sp³-hybridized carbons (Fsp3) is 0.179. The lowest BCUT2D eigenvalue weighted by molar-refractivity contribution is 0.103. The molecule has 0 amide bonds. The molecular formula is C28H25NO6S. The molecule has 2 N–H and O–H groups in total. The molecule has 0 aliphatic carbocycles. The molecule has 0 fully saturated rings. The summed E-state index contributed by atoms with van der Waals surface area (Å²) in [7, 11) is 1.59. The monoisotopic (exact) mass is 503 g/mol. The lowest BCUT2D eigenvalue weighted by Crippen LogP contribution is -2.11. The van der Waals surface area contributed by atoms with E-state index in [0.717, 1.165) is 37.0 Å². The molecule has 2 aromatic heterocycles. The molecule has 5 rings (SSSR count). The summed E-state index contributed by atoms with van der Waals surface area (Å²) >= 11 is 1.60. The maximum atomic E-state index is 12.3. The highest BCUT2D eigenvalue weighted by Gasteiger charge is 2.24. The number of aliphatic hydroxyl groups is 1. The largest absolute Gasteiger partial charge is 0.515 e. The zero-order chi connectivity index (χ0) is 25.1. The van der Waals surface area contributed by atoms with E-state index in [1.165, 1.54) is 0 Å². The minimum Gasteiger partial charge on any atom is -0.497 e. The van der Waals surface area contributed by atoms with Gasteiger partial charge in [0.05, 0.1) is 36.1 Å². The van der Waals surface area contributed by atoms with Crippen molar-refractivity contribution in [2.24, 2.45) is 0 Å². The third kappa shape index (κ3) is 4.48. The van der Waals surface area contributed by atoms with Gasteiger partial charge in [-0.1, -0.05) is 42.5 Å². The fourth-order valence-electron chi connectivity index (χ4n) is 4.14. The van der Waals surface area contributed by atoms with E-state index < -0.39 is 6.16 Å². The smallest absolute Gasteiger partial charge is 0.497 e. The van der Waals surface area contributed by atoms with Crippen LogP contribution >= 0.6 is 11.3 Å². The summed E-state index contributed by atoms with van der Waals surface area (Å²) in [5.74, 6) is 1.46. The van der Waals surface area contributed by atoms with E-state index in [9.17, 15) is 9.90 Å². The average molecular weight is 504 g/mol. The standard InChI is InChI=1S/C28H25NO6S/c1-3-33-28(31)35-27-24(26-25(29-27)21-10-6-7-11-23(21)36-26)20-13-12-19(32-2)14-22(20)34-16-18-9-5-4-8-17(18)15-30/h4-14,29-30H,3,15-16H2,1-2H3. The number of aromatic amines is 1. The van der Waals surface area contributed by atoms with Crippen molar-refractivity contribution >= 4 is 37.8 Å². The average Bonchev–Trinajstić information content (AvgIpc) is 3.43. The van der Waals surface area contributed by atoms with Crippen molar-refractivity contribution in [2.45, 2.75) is 20.1 Å². The molecule has 0 aliphatic heterocycles. The molecule has 0 bridgehead atoms. The quantitative estimate of drug-likeness (QED) is 0.230. The van der Waals surface area contributed by atoms with Crippen LogP contribution in [0.25, 0.3) is 31.4 Å². The Morgan fingerprint density at radius 3 is 2.58 bits per heavy atom. The number of H-pyrrole nitrogens is 1. The summed E-state index contributed by atoms with van der Waals surface area (Å²) in [5, 5.41) is 10.7. The van der Waals surface area contributed by atoms with E-state index in [0.29, 0.717) is 17.1 Å². The van der Waals surface area contributed by atoms with Crippen LogP contribution in [0.5, 0.6) is 17.4 Å². The van der Waals surface area contributed by atoms with Gasteiger partial charge < -0.3 is 29.0 Å². The second kappa shape index (κ2) is 10.3. The molecule has 0 atom stereocenters. The number of rotatable bonds is 8. The minimum atomic E-state index is -0.787. The second-order valence-electron chi connectivity index (χ2n) is 7.99. The molecule has 0 saturated heterocycles. The number of benzene rings is 3. The van der Waals surface area contributed by atoms with E-state index in [-0.39, 0.29) is 25.7 Å². The van der Waals surface area contributed by atoms with Gasteiger partial charge in [-0.2, -0.15) is 0 Å². The van der Waals surface area contributed by atoms with E-state index >= 15 is 0 Å². The summed E-state index contributed by atoms with van der Waals surface area (Å²) in [4.78, 5) is 15.6. The van der Waals surface area contributed by atoms with Gasteiger partial charge in [-0.25, -0.2) is 4.79 Å². The maximum absolute atomic E-state index is 12.3. The van der Waals surface area contributed by atoms with Gasteiger partial charge in [0.1, 0.15) is 18.1 Å². The number of methoxy groups -OCH3 is 1. The summed E-state index contributed by atoms with van der Waals surface area (Å²) < 4.78 is 24.4. The lowest BCUT2D eigenvalue weighted by atomic mass is 10.1. The molecule has 7 nitrogen and oxygen atoms in total. The maximum Gasteiger partial charge on any atom is 0.515 e. The van der Waals surface area contributed by atoms with Gasteiger partial charge in [-0.15, -0.1) is 11.3 Å². The van der Waals surface area contributed by atoms with Crippen LogP contribution in [0.1, 0.15) is 18.1 Å². The molecule has 0 aliphatic rings. The predicted molar refractivity (Wildman–Crippen MR) is 140 cm³/mol. The molecule has 2 heterocycles. The summed E-state index contributed by atoms with van der Waals surface area (Å²) in [5.41, 5.74) is 3.97. The minimum absolute atomic E-state index is 0.0811. The highest BCUT2D eigenvalue weighted by Crippen LogP contribution is 2.48. The summed E-state index contributed by atoms with van der Waals surface area (Å²) in [6.45, 7) is 2.09. The SMILES string of the molecule is CCOC(=O)Oc1[nH]c2c(sc3ccccc32)c1-c1ccc(OC)cc1OCc1ccccc1CO. The fourth-order valence-corrected chi connectivity index (χ4v) is 5.35. The van der Waals surface area contributed by atoms with E-state index in [4.69, 9.17) is 18.9 Å². The number of fused-ring (bicyclic) bond motifs is 3. The van der Waals surface area contributed by atoms with Crippen LogP contribution in [0.2, 0.25) is 0 Å². The number of carbonyl (C=O) groups excluding carboxylic acids is 1. The molecule has 0 saturated carbocycles. The number of aromatic nitrogens is 1. The Kier molecular flexibility index (Phi) is 6.79. The van der Waals surface area contributed by atoms with E-state index in [1.807, 2.05) is 54.6 Å². The van der Waals surface area contributed by atoms with Crippen molar-refractivity contribution in [2.75, 3.05) is 13.7 Å². The Labute approximate surface area is 211 Å². The first-order valence-corrected chi connectivity index (χ1v) is 12.3. The first kappa shape index (κ1) is 23.7. The molecular weight excluding hydrogens is 478 g/mol. The number of aliphatic hydroxyl groups excluding tert-OH is 1. The van der Waals surface area contributed by atoms with E-state index in [2.05, 4.69) is 11.1 Å². The molecule has 8 heteroatoms.